The van der Waals surface area contributed by atoms with Gasteiger partial charge in [0.05, 0.1) is 0 Å². The first-order chi connectivity index (χ1) is 6.93. The normalized spacial score (nSPS) is 14.7. The van der Waals surface area contributed by atoms with Gasteiger partial charge >= 0.3 is 0 Å². The highest BCUT2D eigenvalue weighted by atomic mass is 79.9. The predicted molar refractivity (Wildman–Crippen MR) is 59.3 cm³/mol. The SMILES string of the molecule is NC(=O)C(O)C(O)c1ccc(Br)cc1Cl. The van der Waals surface area contributed by atoms with Crippen LogP contribution in [0.2, 0.25) is 5.02 Å². The molecule has 0 radical (unpaired) electrons. The van der Waals surface area contributed by atoms with Gasteiger partial charge in [-0.05, 0) is 12.1 Å². The molecule has 1 aromatic carbocycles. The van der Waals surface area contributed by atoms with Crippen LogP contribution >= 0.6 is 27.5 Å². The molecule has 82 valence electrons. The van der Waals surface area contributed by atoms with Gasteiger partial charge in [0.2, 0.25) is 5.91 Å². The molecule has 1 rings (SSSR count). The molecule has 4 nitrogen and oxygen atoms in total. The molecule has 4 N–H and O–H groups in total. The lowest BCUT2D eigenvalue weighted by atomic mass is 10.0. The number of aliphatic hydroxyl groups is 2. The number of primary amides is 1. The molecule has 2 atom stereocenters. The lowest BCUT2D eigenvalue weighted by Gasteiger charge is -2.16. The van der Waals surface area contributed by atoms with Crippen LogP contribution in [0.25, 0.3) is 0 Å². The number of carbonyl (C=O) groups is 1. The molecule has 0 aliphatic rings. The van der Waals surface area contributed by atoms with E-state index in [1.165, 1.54) is 6.07 Å². The molecule has 0 aromatic heterocycles. The average Bonchev–Trinajstić information content (AvgIpc) is 2.15. The van der Waals surface area contributed by atoms with Crippen LogP contribution in [0.15, 0.2) is 22.7 Å². The standard InChI is InChI=1S/C9H9BrClNO3/c10-4-1-2-5(6(11)3-4)7(13)8(14)9(12)15/h1-3,7-8,13-14H,(H2,12,15). The van der Waals surface area contributed by atoms with Gasteiger partial charge in [-0.1, -0.05) is 33.6 Å². The summed E-state index contributed by atoms with van der Waals surface area (Å²) in [5, 5.41) is 19.1. The van der Waals surface area contributed by atoms with Crippen molar-refractivity contribution in [3.05, 3.63) is 33.3 Å². The summed E-state index contributed by atoms with van der Waals surface area (Å²) < 4.78 is 0.733. The van der Waals surface area contributed by atoms with Crippen LogP contribution in [0, 0.1) is 0 Å². The summed E-state index contributed by atoms with van der Waals surface area (Å²) in [5.41, 5.74) is 5.11. The van der Waals surface area contributed by atoms with Crippen LogP contribution in [0.4, 0.5) is 0 Å². The van der Waals surface area contributed by atoms with E-state index in [2.05, 4.69) is 15.9 Å². The highest BCUT2D eigenvalue weighted by Crippen LogP contribution is 2.28. The van der Waals surface area contributed by atoms with Crippen molar-refractivity contribution in [1.29, 1.82) is 0 Å². The number of carbonyl (C=O) groups excluding carboxylic acids is 1. The van der Waals surface area contributed by atoms with E-state index in [4.69, 9.17) is 17.3 Å². The maximum absolute atomic E-state index is 10.7. The summed E-state index contributed by atoms with van der Waals surface area (Å²) >= 11 is 9.01. The number of rotatable bonds is 3. The molecule has 15 heavy (non-hydrogen) atoms. The number of amides is 1. The number of halogens is 2. The molecule has 0 saturated heterocycles. The van der Waals surface area contributed by atoms with Gasteiger partial charge in [0.1, 0.15) is 6.10 Å². The molecule has 0 spiro atoms. The zero-order chi connectivity index (χ0) is 11.6. The number of nitrogens with two attached hydrogens (primary N) is 1. The van der Waals surface area contributed by atoms with E-state index in [9.17, 15) is 15.0 Å². The third-order valence-corrected chi connectivity index (χ3v) is 2.69. The van der Waals surface area contributed by atoms with Gasteiger partial charge < -0.3 is 15.9 Å². The van der Waals surface area contributed by atoms with E-state index in [1.807, 2.05) is 0 Å². The van der Waals surface area contributed by atoms with E-state index >= 15 is 0 Å². The van der Waals surface area contributed by atoms with Gasteiger partial charge in [-0.15, -0.1) is 0 Å². The second-order valence-electron chi connectivity index (χ2n) is 2.96. The van der Waals surface area contributed by atoms with Crippen LogP contribution in [0.1, 0.15) is 11.7 Å². The maximum atomic E-state index is 10.7. The molecular weight excluding hydrogens is 285 g/mol. The van der Waals surface area contributed by atoms with Crippen LogP contribution < -0.4 is 5.73 Å². The van der Waals surface area contributed by atoms with Crippen molar-refractivity contribution >= 4 is 33.4 Å². The molecule has 0 heterocycles. The molecule has 0 fully saturated rings. The molecule has 2 unspecified atom stereocenters. The Morgan fingerprint density at radius 1 is 1.47 bits per heavy atom. The fraction of sp³-hybridized carbons (Fsp3) is 0.222. The van der Waals surface area contributed by atoms with Crippen molar-refractivity contribution in [2.75, 3.05) is 0 Å². The fourth-order valence-electron chi connectivity index (χ4n) is 1.07. The van der Waals surface area contributed by atoms with Crippen molar-refractivity contribution in [3.8, 4) is 0 Å². The largest absolute Gasteiger partial charge is 0.385 e. The van der Waals surface area contributed by atoms with E-state index in [0.29, 0.717) is 0 Å². The Morgan fingerprint density at radius 3 is 2.53 bits per heavy atom. The number of hydrogen-bond donors (Lipinski definition) is 3. The second-order valence-corrected chi connectivity index (χ2v) is 4.28. The minimum Gasteiger partial charge on any atom is -0.385 e. The lowest BCUT2D eigenvalue weighted by Crippen LogP contribution is -2.33. The van der Waals surface area contributed by atoms with Gasteiger partial charge in [-0.2, -0.15) is 0 Å². The van der Waals surface area contributed by atoms with E-state index in [1.54, 1.807) is 12.1 Å². The topological polar surface area (TPSA) is 83.6 Å². The molecule has 6 heteroatoms. The van der Waals surface area contributed by atoms with E-state index in [-0.39, 0.29) is 10.6 Å². The Bertz CT molecular complexity index is 386. The molecule has 0 aliphatic heterocycles. The Hall–Kier alpha value is -0.620. The van der Waals surface area contributed by atoms with Crippen molar-refractivity contribution in [2.24, 2.45) is 5.73 Å². The zero-order valence-electron chi connectivity index (χ0n) is 7.52. The molecule has 0 bridgehead atoms. The monoisotopic (exact) mass is 293 g/mol. The first-order valence-electron chi connectivity index (χ1n) is 4.04. The molecule has 1 amide bonds. The second kappa shape index (κ2) is 4.94. The third kappa shape index (κ3) is 2.92. The molecular formula is C9H9BrClNO3. The summed E-state index contributed by atoms with van der Waals surface area (Å²) in [6.07, 6.45) is -3.08. The molecule has 0 aliphatic carbocycles. The highest BCUT2D eigenvalue weighted by molar-refractivity contribution is 9.10. The first-order valence-corrected chi connectivity index (χ1v) is 5.21. The summed E-state index contributed by atoms with van der Waals surface area (Å²) in [6.45, 7) is 0. The summed E-state index contributed by atoms with van der Waals surface area (Å²) in [7, 11) is 0. The Balaban J connectivity index is 3.01. The van der Waals surface area contributed by atoms with Crippen molar-refractivity contribution in [1.82, 2.24) is 0 Å². The van der Waals surface area contributed by atoms with Gasteiger partial charge in [0.25, 0.3) is 0 Å². The highest BCUT2D eigenvalue weighted by Gasteiger charge is 2.25. The Kier molecular flexibility index (Phi) is 4.10. The fourth-order valence-corrected chi connectivity index (χ4v) is 1.85. The summed E-state index contributed by atoms with van der Waals surface area (Å²) in [4.78, 5) is 10.7. The van der Waals surface area contributed by atoms with Crippen molar-refractivity contribution < 1.29 is 15.0 Å². The number of hydrogen-bond acceptors (Lipinski definition) is 3. The van der Waals surface area contributed by atoms with Gasteiger partial charge in [0, 0.05) is 15.1 Å². The Morgan fingerprint density at radius 2 is 2.07 bits per heavy atom. The van der Waals surface area contributed by atoms with Gasteiger partial charge in [-0.3, -0.25) is 4.79 Å². The van der Waals surface area contributed by atoms with E-state index in [0.717, 1.165) is 4.47 Å². The molecule has 1 aromatic rings. The van der Waals surface area contributed by atoms with Crippen LogP contribution in [-0.4, -0.2) is 22.2 Å². The van der Waals surface area contributed by atoms with E-state index < -0.39 is 18.1 Å². The van der Waals surface area contributed by atoms with Crippen LogP contribution in [-0.2, 0) is 4.79 Å². The first kappa shape index (κ1) is 12.4. The van der Waals surface area contributed by atoms with Crippen LogP contribution in [0.3, 0.4) is 0 Å². The third-order valence-electron chi connectivity index (χ3n) is 1.87. The zero-order valence-corrected chi connectivity index (χ0v) is 9.86. The number of benzene rings is 1. The van der Waals surface area contributed by atoms with Crippen molar-refractivity contribution in [3.63, 3.8) is 0 Å². The lowest BCUT2D eigenvalue weighted by molar-refractivity contribution is -0.131. The average molecular weight is 295 g/mol. The van der Waals surface area contributed by atoms with Gasteiger partial charge in [-0.25, -0.2) is 0 Å². The predicted octanol–water partition coefficient (Wildman–Crippen LogP) is 0.982. The van der Waals surface area contributed by atoms with Gasteiger partial charge in [0.15, 0.2) is 6.10 Å². The van der Waals surface area contributed by atoms with Crippen LogP contribution in [0.5, 0.6) is 0 Å². The number of aliphatic hydroxyl groups excluding tert-OH is 2. The summed E-state index contributed by atoms with van der Waals surface area (Å²) in [6, 6.07) is 4.69. The maximum Gasteiger partial charge on any atom is 0.249 e. The molecule has 0 saturated carbocycles. The minimum absolute atomic E-state index is 0.247. The quantitative estimate of drug-likeness (QED) is 0.777. The summed E-state index contributed by atoms with van der Waals surface area (Å²) in [5.74, 6) is -0.999. The smallest absolute Gasteiger partial charge is 0.249 e. The minimum atomic E-state index is -1.66. The van der Waals surface area contributed by atoms with Crippen molar-refractivity contribution in [2.45, 2.75) is 12.2 Å². The Labute approximate surface area is 99.8 Å².